The number of carbonyl (C=O) groups is 1. The van der Waals surface area contributed by atoms with Crippen molar-refractivity contribution in [3.8, 4) is 11.5 Å². The molecule has 0 spiro atoms. The van der Waals surface area contributed by atoms with Crippen LogP contribution in [0.15, 0.2) is 71.2 Å². The zero-order valence-corrected chi connectivity index (χ0v) is 19.6. The van der Waals surface area contributed by atoms with E-state index in [-0.39, 0.29) is 12.3 Å². The predicted octanol–water partition coefficient (Wildman–Crippen LogP) is 4.39. The highest BCUT2D eigenvalue weighted by atomic mass is 79.9. The minimum Gasteiger partial charge on any atom is -0.493 e. The SMILES string of the molecule is COc1cc2c(cc1OC)[C@]1(c3ccc(Br)cc3)C[C@@](O)(c3ccccc3)C(=O)N1CC2. The number of ether oxygens (including phenoxy) is 2. The molecule has 5 rings (SSSR count). The van der Waals surface area contributed by atoms with Crippen LogP contribution in [0.1, 0.15) is 28.7 Å². The van der Waals surface area contributed by atoms with Crippen LogP contribution in [-0.4, -0.2) is 36.7 Å². The highest BCUT2D eigenvalue weighted by molar-refractivity contribution is 9.10. The maximum Gasteiger partial charge on any atom is 0.260 e. The van der Waals surface area contributed by atoms with Crippen LogP contribution in [0.3, 0.4) is 0 Å². The van der Waals surface area contributed by atoms with Gasteiger partial charge in [-0.1, -0.05) is 58.4 Å². The van der Waals surface area contributed by atoms with E-state index in [4.69, 9.17) is 9.47 Å². The van der Waals surface area contributed by atoms with E-state index < -0.39 is 11.1 Å². The summed E-state index contributed by atoms with van der Waals surface area (Å²) in [6, 6.07) is 21.2. The predicted molar refractivity (Wildman–Crippen MR) is 125 cm³/mol. The molecule has 2 aliphatic rings. The van der Waals surface area contributed by atoms with E-state index in [0.29, 0.717) is 30.0 Å². The van der Waals surface area contributed by atoms with E-state index in [1.54, 1.807) is 14.2 Å². The Bertz CT molecular complexity index is 1180. The average molecular weight is 494 g/mol. The van der Waals surface area contributed by atoms with Gasteiger partial charge in [-0.2, -0.15) is 0 Å². The summed E-state index contributed by atoms with van der Waals surface area (Å²) in [6.07, 6.45) is 0.886. The second-order valence-corrected chi connectivity index (χ2v) is 9.26. The largest absolute Gasteiger partial charge is 0.493 e. The second kappa shape index (κ2) is 7.64. The van der Waals surface area contributed by atoms with E-state index in [9.17, 15) is 9.90 Å². The van der Waals surface area contributed by atoms with Crippen LogP contribution in [0, 0.1) is 0 Å². The smallest absolute Gasteiger partial charge is 0.260 e. The Hall–Kier alpha value is -2.83. The number of benzene rings is 3. The van der Waals surface area contributed by atoms with Gasteiger partial charge in [-0.3, -0.25) is 4.79 Å². The van der Waals surface area contributed by atoms with Gasteiger partial charge in [0, 0.05) is 17.4 Å². The average Bonchev–Trinajstić information content (AvgIpc) is 3.07. The number of aliphatic hydroxyl groups is 1. The van der Waals surface area contributed by atoms with Crippen LogP contribution in [0.25, 0.3) is 0 Å². The van der Waals surface area contributed by atoms with Gasteiger partial charge in [0.05, 0.1) is 19.8 Å². The van der Waals surface area contributed by atoms with E-state index in [1.807, 2.05) is 71.6 Å². The molecule has 3 aromatic carbocycles. The first-order valence-corrected chi connectivity index (χ1v) is 11.3. The van der Waals surface area contributed by atoms with Crippen LogP contribution < -0.4 is 9.47 Å². The normalized spacial score (nSPS) is 24.1. The first-order valence-electron chi connectivity index (χ1n) is 10.6. The van der Waals surface area contributed by atoms with Crippen molar-refractivity contribution in [2.45, 2.75) is 24.0 Å². The highest BCUT2D eigenvalue weighted by Crippen LogP contribution is 2.56. The molecule has 0 aliphatic carbocycles. The van der Waals surface area contributed by atoms with Gasteiger partial charge in [-0.05, 0) is 52.9 Å². The van der Waals surface area contributed by atoms with Crippen molar-refractivity contribution in [2.24, 2.45) is 0 Å². The number of carbonyl (C=O) groups excluding carboxylic acids is 1. The summed E-state index contributed by atoms with van der Waals surface area (Å²) in [7, 11) is 3.23. The summed E-state index contributed by atoms with van der Waals surface area (Å²) < 4.78 is 12.1. The summed E-state index contributed by atoms with van der Waals surface area (Å²) in [6.45, 7) is 0.506. The maximum absolute atomic E-state index is 13.8. The first-order chi connectivity index (χ1) is 15.4. The fourth-order valence-corrected chi connectivity index (χ4v) is 5.56. The Kier molecular flexibility index (Phi) is 5.02. The van der Waals surface area contributed by atoms with E-state index in [1.165, 1.54) is 0 Å². The molecule has 1 fully saturated rings. The Morgan fingerprint density at radius 3 is 2.25 bits per heavy atom. The molecular weight excluding hydrogens is 470 g/mol. The van der Waals surface area contributed by atoms with Gasteiger partial charge < -0.3 is 19.5 Å². The maximum atomic E-state index is 13.8. The molecular formula is C26H24BrNO4. The summed E-state index contributed by atoms with van der Waals surface area (Å²) in [5.41, 5.74) is 1.17. The third kappa shape index (κ3) is 2.90. The lowest BCUT2D eigenvalue weighted by Gasteiger charge is -2.44. The van der Waals surface area contributed by atoms with Crippen molar-refractivity contribution in [1.29, 1.82) is 0 Å². The third-order valence-corrected chi connectivity index (χ3v) is 7.33. The number of amides is 1. The first kappa shape index (κ1) is 21.0. The number of halogens is 1. The summed E-state index contributed by atoms with van der Waals surface area (Å²) >= 11 is 3.52. The van der Waals surface area contributed by atoms with Gasteiger partial charge in [0.25, 0.3) is 5.91 Å². The van der Waals surface area contributed by atoms with Gasteiger partial charge in [-0.15, -0.1) is 0 Å². The van der Waals surface area contributed by atoms with Gasteiger partial charge in [0.2, 0.25) is 0 Å². The zero-order valence-electron chi connectivity index (χ0n) is 18.0. The molecule has 32 heavy (non-hydrogen) atoms. The minimum absolute atomic E-state index is 0.215. The third-order valence-electron chi connectivity index (χ3n) is 6.80. The van der Waals surface area contributed by atoms with Gasteiger partial charge >= 0.3 is 0 Å². The Morgan fingerprint density at radius 1 is 0.938 bits per heavy atom. The monoisotopic (exact) mass is 493 g/mol. The minimum atomic E-state index is -1.62. The topological polar surface area (TPSA) is 59.0 Å². The standard InChI is InChI=1S/C26H24BrNO4/c1-31-22-14-17-12-13-28-24(29)26(30,19-6-4-3-5-7-19)16-25(28,21(17)15-23(22)32-2)18-8-10-20(27)11-9-18/h3-11,14-15,30H,12-13,16H2,1-2H3/t25-,26-/m1/s1. The van der Waals surface area contributed by atoms with Gasteiger partial charge in [0.15, 0.2) is 17.1 Å². The van der Waals surface area contributed by atoms with Crippen molar-refractivity contribution in [3.63, 3.8) is 0 Å². The van der Waals surface area contributed by atoms with Crippen LogP contribution in [-0.2, 0) is 22.4 Å². The van der Waals surface area contributed by atoms with Crippen LogP contribution in [0.4, 0.5) is 0 Å². The molecule has 1 amide bonds. The molecule has 164 valence electrons. The Labute approximate surface area is 195 Å². The molecule has 0 aromatic heterocycles. The summed E-state index contributed by atoms with van der Waals surface area (Å²) in [4.78, 5) is 15.7. The van der Waals surface area contributed by atoms with Crippen molar-refractivity contribution in [1.82, 2.24) is 4.90 Å². The highest BCUT2D eigenvalue weighted by Gasteiger charge is 2.62. The number of nitrogens with zero attached hydrogens (tertiary/aromatic N) is 1. The Balaban J connectivity index is 1.79. The molecule has 3 aromatic rings. The number of rotatable bonds is 4. The molecule has 5 nitrogen and oxygen atoms in total. The van der Waals surface area contributed by atoms with Crippen molar-refractivity contribution in [3.05, 3.63) is 93.5 Å². The van der Waals surface area contributed by atoms with E-state index in [0.717, 1.165) is 21.2 Å². The molecule has 2 atom stereocenters. The molecule has 0 saturated carbocycles. The number of methoxy groups -OCH3 is 2. The fraction of sp³-hybridized carbons (Fsp3) is 0.269. The molecule has 0 unspecified atom stereocenters. The lowest BCUT2D eigenvalue weighted by molar-refractivity contribution is -0.145. The molecule has 0 radical (unpaired) electrons. The Morgan fingerprint density at radius 2 is 1.59 bits per heavy atom. The molecule has 2 heterocycles. The summed E-state index contributed by atoms with van der Waals surface area (Å²) in [5, 5.41) is 11.8. The number of fused-ring (bicyclic) bond motifs is 3. The molecule has 1 saturated heterocycles. The van der Waals surface area contributed by atoms with Crippen molar-refractivity contribution in [2.75, 3.05) is 20.8 Å². The van der Waals surface area contributed by atoms with E-state index in [2.05, 4.69) is 15.9 Å². The lowest BCUT2D eigenvalue weighted by atomic mass is 9.72. The van der Waals surface area contributed by atoms with Gasteiger partial charge in [-0.25, -0.2) is 0 Å². The van der Waals surface area contributed by atoms with Crippen LogP contribution in [0.2, 0.25) is 0 Å². The number of hydrogen-bond donors (Lipinski definition) is 1. The van der Waals surface area contributed by atoms with Crippen molar-refractivity contribution >= 4 is 21.8 Å². The lowest BCUT2D eigenvalue weighted by Crippen LogP contribution is -2.49. The molecule has 1 N–H and O–H groups in total. The van der Waals surface area contributed by atoms with Crippen molar-refractivity contribution < 1.29 is 19.4 Å². The van der Waals surface area contributed by atoms with Gasteiger partial charge in [0.1, 0.15) is 0 Å². The molecule has 2 aliphatic heterocycles. The molecule has 6 heteroatoms. The van der Waals surface area contributed by atoms with E-state index >= 15 is 0 Å². The quantitative estimate of drug-likeness (QED) is 0.585. The van der Waals surface area contributed by atoms with Crippen LogP contribution in [0.5, 0.6) is 11.5 Å². The summed E-state index contributed by atoms with van der Waals surface area (Å²) in [5.74, 6) is 0.993. The molecule has 0 bridgehead atoms. The van der Waals surface area contributed by atoms with Crippen LogP contribution >= 0.6 is 15.9 Å². The second-order valence-electron chi connectivity index (χ2n) is 8.34. The number of hydrogen-bond acceptors (Lipinski definition) is 4. The fourth-order valence-electron chi connectivity index (χ4n) is 5.29. The zero-order chi connectivity index (χ0) is 22.5.